The topological polar surface area (TPSA) is 86.0 Å². The number of nitrogens with one attached hydrogen (secondary N) is 1. The van der Waals surface area contributed by atoms with Gasteiger partial charge in [0.15, 0.2) is 5.52 Å². The number of hydrogen-bond donors (Lipinski definition) is 1. The standard InChI is InChI=1S/C15H13ClN4O3S/c1-19-14(22)13-11(8-24-18-13)20(15(19)23)7-12(21)17-6-9-4-2-3-5-10(9)16/h2-5,8H,6-7H2,1H3,(H,17,21). The summed E-state index contributed by atoms with van der Waals surface area (Å²) >= 11 is 7.11. The smallest absolute Gasteiger partial charge is 0.331 e. The van der Waals surface area contributed by atoms with Gasteiger partial charge in [-0.2, -0.15) is 4.37 Å². The molecule has 0 aliphatic rings. The maximum absolute atomic E-state index is 12.3. The Morgan fingerprint density at radius 2 is 2.08 bits per heavy atom. The second-order valence-electron chi connectivity index (χ2n) is 5.15. The average molecular weight is 365 g/mol. The van der Waals surface area contributed by atoms with E-state index in [1.54, 1.807) is 17.5 Å². The van der Waals surface area contributed by atoms with Crippen LogP contribution in [0.5, 0.6) is 0 Å². The van der Waals surface area contributed by atoms with Crippen LogP contribution in [0, 0.1) is 0 Å². The average Bonchev–Trinajstić information content (AvgIpc) is 3.05. The van der Waals surface area contributed by atoms with E-state index in [2.05, 4.69) is 9.69 Å². The van der Waals surface area contributed by atoms with Crippen molar-refractivity contribution in [1.29, 1.82) is 0 Å². The van der Waals surface area contributed by atoms with Crippen LogP contribution in [0.25, 0.3) is 11.0 Å². The SMILES string of the molecule is Cn1c(=O)c2nscc2n(CC(=O)NCc2ccccc2Cl)c1=O. The molecule has 2 heterocycles. The molecule has 0 aliphatic heterocycles. The Balaban J connectivity index is 1.84. The van der Waals surface area contributed by atoms with Gasteiger partial charge in [0.2, 0.25) is 5.91 Å². The van der Waals surface area contributed by atoms with Crippen molar-refractivity contribution in [3.05, 3.63) is 61.1 Å². The fourth-order valence-electron chi connectivity index (χ4n) is 2.29. The number of benzene rings is 1. The summed E-state index contributed by atoms with van der Waals surface area (Å²) in [4.78, 5) is 36.4. The van der Waals surface area contributed by atoms with Gasteiger partial charge >= 0.3 is 5.69 Å². The largest absolute Gasteiger partial charge is 0.350 e. The van der Waals surface area contributed by atoms with E-state index in [9.17, 15) is 14.4 Å². The number of halogens is 1. The molecule has 1 aromatic carbocycles. The van der Waals surface area contributed by atoms with Crippen molar-refractivity contribution in [3.63, 3.8) is 0 Å². The van der Waals surface area contributed by atoms with Crippen molar-refractivity contribution in [2.75, 3.05) is 0 Å². The Morgan fingerprint density at radius 1 is 1.33 bits per heavy atom. The number of hydrogen-bond acceptors (Lipinski definition) is 5. The Labute approximate surface area is 145 Å². The van der Waals surface area contributed by atoms with Crippen molar-refractivity contribution in [1.82, 2.24) is 18.8 Å². The Hall–Kier alpha value is -2.45. The zero-order valence-corrected chi connectivity index (χ0v) is 14.2. The number of nitrogens with zero attached hydrogens (tertiary/aromatic N) is 3. The van der Waals surface area contributed by atoms with Gasteiger partial charge in [0, 0.05) is 24.0 Å². The van der Waals surface area contributed by atoms with Gasteiger partial charge in [-0.1, -0.05) is 29.8 Å². The highest BCUT2D eigenvalue weighted by molar-refractivity contribution is 7.04. The maximum Gasteiger partial charge on any atom is 0.331 e. The quantitative estimate of drug-likeness (QED) is 0.751. The second-order valence-corrected chi connectivity index (χ2v) is 6.19. The van der Waals surface area contributed by atoms with E-state index in [0.29, 0.717) is 10.5 Å². The molecular weight excluding hydrogens is 352 g/mol. The van der Waals surface area contributed by atoms with Crippen molar-refractivity contribution >= 4 is 40.1 Å². The zero-order chi connectivity index (χ0) is 17.3. The van der Waals surface area contributed by atoms with Crippen LogP contribution in [0.15, 0.2) is 39.2 Å². The van der Waals surface area contributed by atoms with Crippen LogP contribution in [0.1, 0.15) is 5.56 Å². The second kappa shape index (κ2) is 6.58. The normalized spacial score (nSPS) is 10.9. The first-order valence-corrected chi connectivity index (χ1v) is 8.24. The molecule has 2 aromatic heterocycles. The zero-order valence-electron chi connectivity index (χ0n) is 12.7. The first-order chi connectivity index (χ1) is 11.5. The third kappa shape index (κ3) is 2.98. The molecule has 0 unspecified atom stereocenters. The van der Waals surface area contributed by atoms with Gasteiger partial charge in [-0.3, -0.25) is 18.7 Å². The number of rotatable bonds is 4. The molecule has 0 spiro atoms. The predicted octanol–water partition coefficient (Wildman–Crippen LogP) is 1.13. The number of fused-ring (bicyclic) bond motifs is 1. The lowest BCUT2D eigenvalue weighted by molar-refractivity contribution is -0.121. The molecule has 0 bridgehead atoms. The molecular formula is C15H13ClN4O3S. The molecule has 1 N–H and O–H groups in total. The monoisotopic (exact) mass is 364 g/mol. The van der Waals surface area contributed by atoms with Gasteiger partial charge in [-0.05, 0) is 23.2 Å². The van der Waals surface area contributed by atoms with Crippen LogP contribution >= 0.6 is 23.1 Å². The lowest BCUT2D eigenvalue weighted by Crippen LogP contribution is -2.41. The molecule has 0 saturated carbocycles. The van der Waals surface area contributed by atoms with Crippen molar-refractivity contribution in [3.8, 4) is 0 Å². The maximum atomic E-state index is 12.3. The Kier molecular flexibility index (Phi) is 4.50. The van der Waals surface area contributed by atoms with Crippen LogP contribution in [0.3, 0.4) is 0 Å². The van der Waals surface area contributed by atoms with Gasteiger partial charge in [0.25, 0.3) is 5.56 Å². The van der Waals surface area contributed by atoms with E-state index in [-0.39, 0.29) is 24.5 Å². The summed E-state index contributed by atoms with van der Waals surface area (Å²) in [6.45, 7) is 0.0520. The number of amides is 1. The molecule has 9 heteroatoms. The third-order valence-electron chi connectivity index (χ3n) is 3.60. The van der Waals surface area contributed by atoms with E-state index >= 15 is 0 Å². The molecule has 0 saturated heterocycles. The van der Waals surface area contributed by atoms with E-state index in [0.717, 1.165) is 21.7 Å². The lowest BCUT2D eigenvalue weighted by atomic mass is 10.2. The summed E-state index contributed by atoms with van der Waals surface area (Å²) in [5.74, 6) is -0.358. The van der Waals surface area contributed by atoms with Crippen molar-refractivity contribution < 1.29 is 4.79 Å². The van der Waals surface area contributed by atoms with E-state index in [1.165, 1.54) is 11.6 Å². The van der Waals surface area contributed by atoms with E-state index < -0.39 is 11.2 Å². The molecule has 24 heavy (non-hydrogen) atoms. The van der Waals surface area contributed by atoms with Crippen LogP contribution in [0.2, 0.25) is 5.02 Å². The Morgan fingerprint density at radius 3 is 2.83 bits per heavy atom. The summed E-state index contributed by atoms with van der Waals surface area (Å²) in [6.07, 6.45) is 0. The van der Waals surface area contributed by atoms with Crippen LogP contribution in [-0.2, 0) is 24.9 Å². The number of carbonyl (C=O) groups is 1. The van der Waals surface area contributed by atoms with Gasteiger partial charge in [0.1, 0.15) is 6.54 Å². The van der Waals surface area contributed by atoms with Gasteiger partial charge < -0.3 is 5.32 Å². The summed E-state index contributed by atoms with van der Waals surface area (Å²) < 4.78 is 6.18. The summed E-state index contributed by atoms with van der Waals surface area (Å²) in [5, 5.41) is 4.86. The first kappa shape index (κ1) is 16.4. The van der Waals surface area contributed by atoms with Crippen LogP contribution in [-0.4, -0.2) is 19.4 Å². The first-order valence-electron chi connectivity index (χ1n) is 7.03. The molecule has 0 fully saturated rings. The molecule has 7 nitrogen and oxygen atoms in total. The van der Waals surface area contributed by atoms with Gasteiger partial charge in [0.05, 0.1) is 5.52 Å². The molecule has 0 aliphatic carbocycles. The third-order valence-corrected chi connectivity index (χ3v) is 4.59. The number of aromatic nitrogens is 3. The van der Waals surface area contributed by atoms with Gasteiger partial charge in [-0.25, -0.2) is 4.79 Å². The minimum atomic E-state index is -0.555. The highest BCUT2D eigenvalue weighted by Crippen LogP contribution is 2.14. The summed E-state index contributed by atoms with van der Waals surface area (Å²) in [6, 6.07) is 7.17. The Bertz CT molecular complexity index is 1040. The lowest BCUT2D eigenvalue weighted by Gasteiger charge is -2.10. The highest BCUT2D eigenvalue weighted by atomic mass is 35.5. The molecule has 3 rings (SSSR count). The minimum absolute atomic E-state index is 0.181. The van der Waals surface area contributed by atoms with Crippen LogP contribution in [0.4, 0.5) is 0 Å². The fraction of sp³-hybridized carbons (Fsp3) is 0.200. The number of carbonyl (C=O) groups excluding carboxylic acids is 1. The van der Waals surface area contributed by atoms with Crippen LogP contribution < -0.4 is 16.6 Å². The minimum Gasteiger partial charge on any atom is -0.350 e. The predicted molar refractivity (Wildman–Crippen MR) is 92.4 cm³/mol. The fourth-order valence-corrected chi connectivity index (χ4v) is 3.16. The molecule has 0 radical (unpaired) electrons. The van der Waals surface area contributed by atoms with Crippen molar-refractivity contribution in [2.45, 2.75) is 13.1 Å². The summed E-state index contributed by atoms with van der Waals surface area (Å²) in [7, 11) is 1.36. The molecule has 3 aromatic rings. The molecule has 1 amide bonds. The van der Waals surface area contributed by atoms with Crippen molar-refractivity contribution in [2.24, 2.45) is 7.05 Å². The highest BCUT2D eigenvalue weighted by Gasteiger charge is 2.15. The summed E-state index contributed by atoms with van der Waals surface area (Å²) in [5.41, 5.74) is 0.300. The van der Waals surface area contributed by atoms with Gasteiger partial charge in [-0.15, -0.1) is 0 Å². The molecule has 0 atom stereocenters. The van der Waals surface area contributed by atoms with E-state index in [1.807, 2.05) is 12.1 Å². The van der Waals surface area contributed by atoms with E-state index in [4.69, 9.17) is 11.6 Å². The molecule has 124 valence electrons.